The molecule has 0 bridgehead atoms. The van der Waals surface area contributed by atoms with Crippen molar-refractivity contribution in [1.29, 1.82) is 0 Å². The van der Waals surface area contributed by atoms with Crippen LogP contribution >= 0.6 is 11.3 Å². The molecule has 0 radical (unpaired) electrons. The van der Waals surface area contributed by atoms with Crippen molar-refractivity contribution in [2.45, 2.75) is 19.5 Å². The van der Waals surface area contributed by atoms with Crippen LogP contribution in [0.2, 0.25) is 0 Å². The molecule has 2 aromatic carbocycles. The summed E-state index contributed by atoms with van der Waals surface area (Å²) >= 11 is 1.63. The molecule has 1 unspecified atom stereocenters. The van der Waals surface area contributed by atoms with Crippen LogP contribution in [0.3, 0.4) is 0 Å². The van der Waals surface area contributed by atoms with Gasteiger partial charge in [-0.15, -0.1) is 11.3 Å². The van der Waals surface area contributed by atoms with E-state index in [0.717, 1.165) is 22.9 Å². The number of nitrogens with zero attached hydrogens (tertiary/aromatic N) is 1. The standard InChI is InChI=1S/C16H16N2OS/c1-11(18-9-13-8-17-10-20-13)14-7-6-12-4-2-3-5-15(12)16(14)19/h2-8,10-11,18-19H,9H2,1H3. The fraction of sp³-hybridized carbons (Fsp3) is 0.188. The third kappa shape index (κ3) is 2.53. The van der Waals surface area contributed by atoms with Crippen LogP contribution in [0, 0.1) is 0 Å². The molecule has 0 fully saturated rings. The average Bonchev–Trinajstić information content (AvgIpc) is 2.99. The Morgan fingerprint density at radius 2 is 2.10 bits per heavy atom. The van der Waals surface area contributed by atoms with Gasteiger partial charge in [0.25, 0.3) is 0 Å². The minimum absolute atomic E-state index is 0.0849. The van der Waals surface area contributed by atoms with Gasteiger partial charge in [-0.2, -0.15) is 0 Å². The van der Waals surface area contributed by atoms with Crippen molar-refractivity contribution in [2.24, 2.45) is 0 Å². The second kappa shape index (κ2) is 5.61. The minimum atomic E-state index is 0.0849. The first kappa shape index (κ1) is 13.1. The Hall–Kier alpha value is -1.91. The van der Waals surface area contributed by atoms with E-state index in [-0.39, 0.29) is 6.04 Å². The van der Waals surface area contributed by atoms with Gasteiger partial charge in [-0.25, -0.2) is 0 Å². The van der Waals surface area contributed by atoms with Gasteiger partial charge in [0.15, 0.2) is 0 Å². The Labute approximate surface area is 121 Å². The summed E-state index contributed by atoms with van der Waals surface area (Å²) < 4.78 is 0. The summed E-state index contributed by atoms with van der Waals surface area (Å²) in [6.07, 6.45) is 1.87. The molecule has 0 saturated heterocycles. The highest BCUT2D eigenvalue weighted by atomic mass is 32.1. The lowest BCUT2D eigenvalue weighted by molar-refractivity contribution is 0.458. The Bertz CT molecular complexity index is 710. The third-order valence-corrected chi connectivity index (χ3v) is 4.24. The molecule has 3 aromatic rings. The quantitative estimate of drug-likeness (QED) is 0.765. The fourth-order valence-electron chi connectivity index (χ4n) is 2.31. The number of nitrogens with one attached hydrogen (secondary N) is 1. The number of phenolic OH excluding ortho intramolecular Hbond substituents is 1. The zero-order valence-corrected chi connectivity index (χ0v) is 12.0. The number of thiazole rings is 1. The number of rotatable bonds is 4. The lowest BCUT2D eigenvalue weighted by Crippen LogP contribution is -2.17. The van der Waals surface area contributed by atoms with E-state index in [1.807, 2.05) is 42.0 Å². The molecule has 0 aliphatic heterocycles. The molecule has 2 N–H and O–H groups in total. The van der Waals surface area contributed by atoms with Crippen LogP contribution in [0.4, 0.5) is 0 Å². The van der Waals surface area contributed by atoms with Gasteiger partial charge in [-0.05, 0) is 12.3 Å². The summed E-state index contributed by atoms with van der Waals surface area (Å²) in [7, 11) is 0. The third-order valence-electron chi connectivity index (χ3n) is 3.46. The van der Waals surface area contributed by atoms with E-state index in [2.05, 4.69) is 23.3 Å². The van der Waals surface area contributed by atoms with Gasteiger partial charge < -0.3 is 10.4 Å². The molecule has 3 nitrogen and oxygen atoms in total. The maximum atomic E-state index is 10.4. The number of aromatic nitrogens is 1. The maximum Gasteiger partial charge on any atom is 0.128 e. The summed E-state index contributed by atoms with van der Waals surface area (Å²) in [6.45, 7) is 2.82. The second-order valence-electron chi connectivity index (χ2n) is 4.79. The highest BCUT2D eigenvalue weighted by molar-refractivity contribution is 7.09. The molecule has 102 valence electrons. The molecular weight excluding hydrogens is 268 g/mol. The molecule has 1 aromatic heterocycles. The van der Waals surface area contributed by atoms with Crippen LogP contribution in [-0.2, 0) is 6.54 Å². The number of hydrogen-bond donors (Lipinski definition) is 2. The highest BCUT2D eigenvalue weighted by Gasteiger charge is 2.12. The molecule has 0 aliphatic rings. The van der Waals surface area contributed by atoms with Crippen molar-refractivity contribution in [2.75, 3.05) is 0 Å². The minimum Gasteiger partial charge on any atom is -0.507 e. The fourth-order valence-corrected chi connectivity index (χ4v) is 2.86. The summed E-state index contributed by atoms with van der Waals surface area (Å²) in [4.78, 5) is 5.25. The number of benzene rings is 2. The smallest absolute Gasteiger partial charge is 0.128 e. The van der Waals surface area contributed by atoms with Crippen LogP contribution in [0.15, 0.2) is 48.1 Å². The predicted octanol–water partition coefficient (Wildman–Crippen LogP) is 3.85. The molecule has 0 aliphatic carbocycles. The van der Waals surface area contributed by atoms with Crippen LogP contribution in [0.5, 0.6) is 5.75 Å². The van der Waals surface area contributed by atoms with Gasteiger partial charge in [0, 0.05) is 34.6 Å². The number of aromatic hydroxyl groups is 1. The molecule has 1 heterocycles. The summed E-state index contributed by atoms with van der Waals surface area (Å²) in [5, 5.41) is 15.8. The van der Waals surface area contributed by atoms with Gasteiger partial charge in [0.1, 0.15) is 5.75 Å². The molecule has 0 spiro atoms. The van der Waals surface area contributed by atoms with E-state index < -0.39 is 0 Å². The largest absolute Gasteiger partial charge is 0.507 e. The first-order valence-corrected chi connectivity index (χ1v) is 7.45. The van der Waals surface area contributed by atoms with Crippen molar-refractivity contribution in [3.63, 3.8) is 0 Å². The maximum absolute atomic E-state index is 10.4. The lowest BCUT2D eigenvalue weighted by atomic mass is 10.0. The van der Waals surface area contributed by atoms with Gasteiger partial charge in [-0.3, -0.25) is 4.98 Å². The van der Waals surface area contributed by atoms with Crippen LogP contribution in [0.1, 0.15) is 23.4 Å². The number of hydrogen-bond acceptors (Lipinski definition) is 4. The Morgan fingerprint density at radius 3 is 2.90 bits per heavy atom. The number of phenols is 1. The van der Waals surface area contributed by atoms with E-state index >= 15 is 0 Å². The SMILES string of the molecule is CC(NCc1cncs1)c1ccc2ccccc2c1O. The highest BCUT2D eigenvalue weighted by Crippen LogP contribution is 2.32. The molecule has 1 atom stereocenters. The van der Waals surface area contributed by atoms with Gasteiger partial charge in [0.05, 0.1) is 5.51 Å². The second-order valence-corrected chi connectivity index (χ2v) is 5.77. The Morgan fingerprint density at radius 1 is 1.25 bits per heavy atom. The zero-order chi connectivity index (χ0) is 13.9. The van der Waals surface area contributed by atoms with E-state index in [1.54, 1.807) is 11.3 Å². The van der Waals surface area contributed by atoms with E-state index in [4.69, 9.17) is 0 Å². The Kier molecular flexibility index (Phi) is 3.67. The monoisotopic (exact) mass is 284 g/mol. The van der Waals surface area contributed by atoms with Gasteiger partial charge in [-0.1, -0.05) is 36.4 Å². The molecule has 3 rings (SSSR count). The molecule has 0 amide bonds. The molecule has 0 saturated carbocycles. The Balaban J connectivity index is 1.84. The average molecular weight is 284 g/mol. The van der Waals surface area contributed by atoms with Gasteiger partial charge in [0.2, 0.25) is 0 Å². The first-order chi connectivity index (χ1) is 9.75. The topological polar surface area (TPSA) is 45.2 Å². The van der Waals surface area contributed by atoms with Crippen LogP contribution < -0.4 is 5.32 Å². The van der Waals surface area contributed by atoms with Crippen molar-refractivity contribution in [3.8, 4) is 5.75 Å². The number of fused-ring (bicyclic) bond motifs is 1. The first-order valence-electron chi connectivity index (χ1n) is 6.57. The summed E-state index contributed by atoms with van der Waals surface area (Å²) in [5.74, 6) is 0.368. The van der Waals surface area contributed by atoms with E-state index in [0.29, 0.717) is 5.75 Å². The normalized spacial score (nSPS) is 12.7. The van der Waals surface area contributed by atoms with E-state index in [9.17, 15) is 5.11 Å². The molecular formula is C16H16N2OS. The van der Waals surface area contributed by atoms with Crippen LogP contribution in [0.25, 0.3) is 10.8 Å². The van der Waals surface area contributed by atoms with Crippen molar-refractivity contribution < 1.29 is 5.11 Å². The molecule has 20 heavy (non-hydrogen) atoms. The molecule has 4 heteroatoms. The van der Waals surface area contributed by atoms with Crippen molar-refractivity contribution in [3.05, 3.63) is 58.5 Å². The van der Waals surface area contributed by atoms with Crippen molar-refractivity contribution >= 4 is 22.1 Å². The van der Waals surface area contributed by atoms with Crippen molar-refractivity contribution in [1.82, 2.24) is 10.3 Å². The van der Waals surface area contributed by atoms with E-state index in [1.165, 1.54) is 4.88 Å². The zero-order valence-electron chi connectivity index (χ0n) is 11.2. The van der Waals surface area contributed by atoms with Crippen LogP contribution in [-0.4, -0.2) is 10.1 Å². The lowest BCUT2D eigenvalue weighted by Gasteiger charge is -2.16. The predicted molar refractivity (Wildman–Crippen MR) is 83.0 cm³/mol. The van der Waals surface area contributed by atoms with Gasteiger partial charge >= 0.3 is 0 Å². The summed E-state index contributed by atoms with van der Waals surface area (Å²) in [6, 6.07) is 12.0. The summed E-state index contributed by atoms with van der Waals surface area (Å²) in [5.41, 5.74) is 2.75.